The lowest BCUT2D eigenvalue weighted by atomic mass is 10.1. The molecule has 1 aliphatic rings. The van der Waals surface area contributed by atoms with Crippen LogP contribution < -0.4 is 0 Å². The van der Waals surface area contributed by atoms with E-state index >= 15 is 0 Å². The lowest BCUT2D eigenvalue weighted by Crippen LogP contribution is -2.26. The molecule has 1 heterocycles. The molecule has 2 aromatic rings. The number of aliphatic hydroxyl groups excluding tert-OH is 1. The quantitative estimate of drug-likeness (QED) is 0.804. The van der Waals surface area contributed by atoms with E-state index in [9.17, 15) is 13.5 Å². The van der Waals surface area contributed by atoms with Crippen LogP contribution in [0.2, 0.25) is 0 Å². The maximum Gasteiger partial charge on any atom is 0.182 e. The van der Waals surface area contributed by atoms with Gasteiger partial charge in [-0.3, -0.25) is 4.90 Å². The maximum atomic E-state index is 12.7. The summed E-state index contributed by atoms with van der Waals surface area (Å²) in [5.41, 5.74) is 1.77. The molecule has 0 aromatic heterocycles. The van der Waals surface area contributed by atoms with Crippen LogP contribution in [-0.4, -0.2) is 50.3 Å². The molecule has 140 valence electrons. The molecule has 1 N–H and O–H groups in total. The molecule has 0 aliphatic carbocycles. The van der Waals surface area contributed by atoms with Crippen LogP contribution >= 0.6 is 0 Å². The summed E-state index contributed by atoms with van der Waals surface area (Å²) in [5.74, 6) is -0.0293. The van der Waals surface area contributed by atoms with Crippen molar-refractivity contribution in [3.8, 4) is 0 Å². The molecule has 0 saturated carbocycles. The number of aliphatic hydroxyl groups is 1. The first-order valence-electron chi connectivity index (χ1n) is 8.86. The summed E-state index contributed by atoms with van der Waals surface area (Å²) in [6.07, 6.45) is -0.685. The third-order valence-corrected chi connectivity index (χ3v) is 6.33. The van der Waals surface area contributed by atoms with Gasteiger partial charge in [0.05, 0.1) is 22.9 Å². The van der Waals surface area contributed by atoms with Gasteiger partial charge in [0.15, 0.2) is 9.84 Å². The molecular weight excluding hydrogens is 350 g/mol. The van der Waals surface area contributed by atoms with E-state index in [1.165, 1.54) is 0 Å². The Morgan fingerprint density at radius 3 is 2.38 bits per heavy atom. The highest BCUT2D eigenvalue weighted by molar-refractivity contribution is 7.90. The van der Waals surface area contributed by atoms with Crippen LogP contribution in [0.15, 0.2) is 59.5 Å². The molecule has 0 spiro atoms. The zero-order valence-corrected chi connectivity index (χ0v) is 15.7. The second kappa shape index (κ2) is 8.31. The molecule has 6 heteroatoms. The van der Waals surface area contributed by atoms with Crippen molar-refractivity contribution in [1.82, 2.24) is 4.90 Å². The zero-order valence-electron chi connectivity index (χ0n) is 14.9. The van der Waals surface area contributed by atoms with Gasteiger partial charge in [0.25, 0.3) is 0 Å². The van der Waals surface area contributed by atoms with Gasteiger partial charge >= 0.3 is 0 Å². The van der Waals surface area contributed by atoms with Gasteiger partial charge in [0.2, 0.25) is 0 Å². The molecule has 2 atom stereocenters. The maximum absolute atomic E-state index is 12.7. The SMILES string of the molecule is CCOC1CN(Cc2ccccc2CS(=O)(=O)c2ccccc2)CC1O. The van der Waals surface area contributed by atoms with Gasteiger partial charge in [0.1, 0.15) is 0 Å². The summed E-state index contributed by atoms with van der Waals surface area (Å²) in [6, 6.07) is 16.1. The Balaban J connectivity index is 1.75. The third kappa shape index (κ3) is 4.51. The lowest BCUT2D eigenvalue weighted by molar-refractivity contribution is -0.00245. The normalized spacial score (nSPS) is 21.2. The van der Waals surface area contributed by atoms with E-state index in [1.807, 2.05) is 31.2 Å². The lowest BCUT2D eigenvalue weighted by Gasteiger charge is -2.18. The molecule has 3 rings (SSSR count). The zero-order chi connectivity index (χ0) is 18.6. The summed E-state index contributed by atoms with van der Waals surface area (Å²) in [6.45, 7) is 4.26. The number of nitrogens with zero attached hydrogens (tertiary/aromatic N) is 1. The number of β-amino-alcohol motifs (C(OH)–C–C–N with tert-alkyl or cyclic N) is 1. The van der Waals surface area contributed by atoms with Crippen LogP contribution in [0.5, 0.6) is 0 Å². The first-order chi connectivity index (χ1) is 12.5. The molecule has 0 bridgehead atoms. The van der Waals surface area contributed by atoms with Crippen molar-refractivity contribution in [3.63, 3.8) is 0 Å². The fraction of sp³-hybridized carbons (Fsp3) is 0.400. The Kier molecular flexibility index (Phi) is 6.09. The Hall–Kier alpha value is -1.73. The van der Waals surface area contributed by atoms with Crippen molar-refractivity contribution in [3.05, 3.63) is 65.7 Å². The number of ether oxygens (including phenoxy) is 1. The average Bonchev–Trinajstić information content (AvgIpc) is 2.97. The van der Waals surface area contributed by atoms with Gasteiger partial charge in [-0.1, -0.05) is 42.5 Å². The number of rotatable bonds is 7. The Morgan fingerprint density at radius 2 is 1.69 bits per heavy atom. The highest BCUT2D eigenvalue weighted by atomic mass is 32.2. The second-order valence-corrected chi connectivity index (χ2v) is 8.59. The number of sulfone groups is 1. The van der Waals surface area contributed by atoms with Crippen molar-refractivity contribution in [1.29, 1.82) is 0 Å². The summed E-state index contributed by atoms with van der Waals surface area (Å²) in [4.78, 5) is 2.45. The summed E-state index contributed by atoms with van der Waals surface area (Å²) in [7, 11) is -3.39. The number of benzene rings is 2. The molecule has 1 saturated heterocycles. The van der Waals surface area contributed by atoms with Crippen molar-refractivity contribution < 1.29 is 18.3 Å². The number of hydrogen-bond acceptors (Lipinski definition) is 5. The molecule has 1 aliphatic heterocycles. The predicted octanol–water partition coefficient (Wildman–Crippen LogP) is 2.24. The Labute approximate surface area is 155 Å². The second-order valence-electron chi connectivity index (χ2n) is 6.60. The van der Waals surface area contributed by atoms with Crippen molar-refractivity contribution in [2.45, 2.75) is 36.3 Å². The van der Waals surface area contributed by atoms with Gasteiger partial charge in [-0.05, 0) is 30.2 Å². The van der Waals surface area contributed by atoms with Crippen LogP contribution in [-0.2, 0) is 26.9 Å². The van der Waals surface area contributed by atoms with Gasteiger partial charge in [0, 0.05) is 26.2 Å². The van der Waals surface area contributed by atoms with E-state index in [2.05, 4.69) is 4.90 Å². The van der Waals surface area contributed by atoms with E-state index in [0.29, 0.717) is 31.1 Å². The summed E-state index contributed by atoms with van der Waals surface area (Å²) >= 11 is 0. The summed E-state index contributed by atoms with van der Waals surface area (Å²) < 4.78 is 31.0. The van der Waals surface area contributed by atoms with E-state index in [1.54, 1.807) is 30.3 Å². The smallest absolute Gasteiger partial charge is 0.182 e. The number of hydrogen-bond donors (Lipinski definition) is 1. The fourth-order valence-corrected chi connectivity index (χ4v) is 4.78. The Bertz CT molecular complexity index is 823. The van der Waals surface area contributed by atoms with Crippen molar-refractivity contribution in [2.24, 2.45) is 0 Å². The highest BCUT2D eigenvalue weighted by Crippen LogP contribution is 2.22. The predicted molar refractivity (Wildman–Crippen MR) is 100 cm³/mol. The van der Waals surface area contributed by atoms with Crippen LogP contribution in [0.25, 0.3) is 0 Å². The molecule has 26 heavy (non-hydrogen) atoms. The van der Waals surface area contributed by atoms with E-state index < -0.39 is 15.9 Å². The minimum Gasteiger partial charge on any atom is -0.389 e. The topological polar surface area (TPSA) is 66.8 Å². The molecular formula is C20H25NO4S. The fourth-order valence-electron chi connectivity index (χ4n) is 3.35. The Morgan fingerprint density at radius 1 is 1.04 bits per heavy atom. The van der Waals surface area contributed by atoms with Crippen molar-refractivity contribution in [2.75, 3.05) is 19.7 Å². The van der Waals surface area contributed by atoms with E-state index in [-0.39, 0.29) is 11.9 Å². The molecule has 5 nitrogen and oxygen atoms in total. The van der Waals surface area contributed by atoms with Crippen LogP contribution in [0.4, 0.5) is 0 Å². The van der Waals surface area contributed by atoms with Gasteiger partial charge in [-0.25, -0.2) is 8.42 Å². The van der Waals surface area contributed by atoms with E-state index in [0.717, 1.165) is 11.1 Å². The minimum absolute atomic E-state index is 0.0293. The van der Waals surface area contributed by atoms with Crippen LogP contribution in [0, 0.1) is 0 Å². The third-order valence-electron chi connectivity index (χ3n) is 4.65. The van der Waals surface area contributed by atoms with Gasteiger partial charge in [-0.2, -0.15) is 0 Å². The van der Waals surface area contributed by atoms with Crippen molar-refractivity contribution >= 4 is 9.84 Å². The highest BCUT2D eigenvalue weighted by Gasteiger charge is 2.32. The van der Waals surface area contributed by atoms with E-state index in [4.69, 9.17) is 4.74 Å². The largest absolute Gasteiger partial charge is 0.389 e. The standard InChI is InChI=1S/C20H25NO4S/c1-2-25-20-14-21(13-19(20)22)12-16-8-6-7-9-17(16)15-26(23,24)18-10-4-3-5-11-18/h3-11,19-20,22H,2,12-15H2,1H3. The molecule has 0 amide bonds. The average molecular weight is 375 g/mol. The minimum atomic E-state index is -3.39. The van der Waals surface area contributed by atoms with Gasteiger partial charge in [-0.15, -0.1) is 0 Å². The first-order valence-corrected chi connectivity index (χ1v) is 10.5. The molecule has 0 radical (unpaired) electrons. The first kappa shape index (κ1) is 19.0. The molecule has 1 fully saturated rings. The molecule has 2 unspecified atom stereocenters. The molecule has 2 aromatic carbocycles. The van der Waals surface area contributed by atoms with Gasteiger partial charge < -0.3 is 9.84 Å². The number of likely N-dealkylation sites (tertiary alicyclic amines) is 1. The summed E-state index contributed by atoms with van der Waals surface area (Å²) in [5, 5.41) is 10.1. The monoisotopic (exact) mass is 375 g/mol. The van der Waals surface area contributed by atoms with Crippen LogP contribution in [0.1, 0.15) is 18.1 Å². The van der Waals surface area contributed by atoms with Crippen LogP contribution in [0.3, 0.4) is 0 Å².